The van der Waals surface area contributed by atoms with Gasteiger partial charge in [0, 0.05) is 26.1 Å². The van der Waals surface area contributed by atoms with Crippen LogP contribution in [-0.2, 0) is 46.3 Å². The smallest absolute Gasteiger partial charge is 0.246 e. The Morgan fingerprint density at radius 3 is 1.62 bits per heavy atom. The summed E-state index contributed by atoms with van der Waals surface area (Å²) >= 11 is 0. The average Bonchev–Trinajstić information content (AvgIpc) is 2.85. The first-order chi connectivity index (χ1) is 16.5. The van der Waals surface area contributed by atoms with E-state index in [-0.39, 0.29) is 37.5 Å². The minimum absolute atomic E-state index is 0.0136. The summed E-state index contributed by atoms with van der Waals surface area (Å²) in [6.07, 6.45) is 1.44. The Labute approximate surface area is 202 Å². The SMILES string of the molecule is CCC(=O)NCCOCCOCC(=O)NCCOCCOCC(=O)NCc1ccc(CC)cc1. The first-order valence-electron chi connectivity index (χ1n) is 11.7. The fourth-order valence-corrected chi connectivity index (χ4v) is 2.62. The second-order valence-corrected chi connectivity index (χ2v) is 7.33. The standard InChI is InChI=1S/C24H39N3O7/c1-3-20-5-7-21(8-6-20)17-27-24(30)19-34-16-14-32-12-10-26-23(29)18-33-15-13-31-11-9-25-22(28)4-2/h5-8H,3-4,9-19H2,1-2H3,(H,25,28)(H,26,29)(H,27,30). The Morgan fingerprint density at radius 1 is 0.618 bits per heavy atom. The predicted octanol–water partition coefficient (Wildman–Crippen LogP) is 0.574. The quantitative estimate of drug-likeness (QED) is 0.233. The summed E-state index contributed by atoms with van der Waals surface area (Å²) in [5, 5.41) is 8.19. The second-order valence-electron chi connectivity index (χ2n) is 7.33. The second kappa shape index (κ2) is 19.9. The largest absolute Gasteiger partial charge is 0.377 e. The van der Waals surface area contributed by atoms with Crippen LogP contribution in [0.25, 0.3) is 0 Å². The summed E-state index contributed by atoms with van der Waals surface area (Å²) in [5.74, 6) is -0.433. The van der Waals surface area contributed by atoms with Gasteiger partial charge in [-0.1, -0.05) is 38.1 Å². The van der Waals surface area contributed by atoms with E-state index in [1.165, 1.54) is 5.56 Å². The van der Waals surface area contributed by atoms with E-state index in [1.807, 2.05) is 12.1 Å². The molecule has 0 atom stereocenters. The highest BCUT2D eigenvalue weighted by Gasteiger charge is 2.03. The van der Waals surface area contributed by atoms with Crippen molar-refractivity contribution in [2.75, 3.05) is 65.9 Å². The zero-order valence-electron chi connectivity index (χ0n) is 20.4. The number of hydrogen-bond donors (Lipinski definition) is 3. The van der Waals surface area contributed by atoms with E-state index in [4.69, 9.17) is 18.9 Å². The lowest BCUT2D eigenvalue weighted by Crippen LogP contribution is -2.31. The number of carbonyl (C=O) groups is 3. The van der Waals surface area contributed by atoms with E-state index in [0.717, 1.165) is 12.0 Å². The van der Waals surface area contributed by atoms with Crippen molar-refractivity contribution >= 4 is 17.7 Å². The molecule has 34 heavy (non-hydrogen) atoms. The van der Waals surface area contributed by atoms with Gasteiger partial charge in [0.1, 0.15) is 13.2 Å². The average molecular weight is 482 g/mol. The Hall–Kier alpha value is -2.53. The molecule has 192 valence electrons. The molecule has 1 aromatic rings. The summed E-state index contributed by atoms with van der Waals surface area (Å²) in [5.41, 5.74) is 2.31. The first kappa shape index (κ1) is 29.5. The Bertz CT molecular complexity index is 698. The van der Waals surface area contributed by atoms with Crippen LogP contribution in [0.3, 0.4) is 0 Å². The lowest BCUT2D eigenvalue weighted by atomic mass is 10.1. The van der Waals surface area contributed by atoms with Crippen LogP contribution < -0.4 is 16.0 Å². The van der Waals surface area contributed by atoms with Crippen LogP contribution in [0, 0.1) is 0 Å². The molecule has 0 saturated heterocycles. The molecule has 0 aliphatic carbocycles. The van der Waals surface area contributed by atoms with Crippen LogP contribution >= 0.6 is 0 Å². The number of carbonyl (C=O) groups excluding carboxylic acids is 3. The first-order valence-corrected chi connectivity index (χ1v) is 11.7. The fraction of sp³-hybridized carbons (Fsp3) is 0.625. The van der Waals surface area contributed by atoms with Crippen LogP contribution in [0.15, 0.2) is 24.3 Å². The molecule has 0 spiro atoms. The Morgan fingerprint density at radius 2 is 1.09 bits per heavy atom. The van der Waals surface area contributed by atoms with Gasteiger partial charge in [0.2, 0.25) is 17.7 Å². The molecule has 3 amide bonds. The maximum absolute atomic E-state index is 11.8. The molecule has 0 unspecified atom stereocenters. The number of benzene rings is 1. The molecule has 0 aliphatic heterocycles. The predicted molar refractivity (Wildman–Crippen MR) is 127 cm³/mol. The van der Waals surface area contributed by atoms with Gasteiger partial charge in [-0.05, 0) is 17.5 Å². The topological polar surface area (TPSA) is 124 Å². The van der Waals surface area contributed by atoms with Gasteiger partial charge in [-0.15, -0.1) is 0 Å². The van der Waals surface area contributed by atoms with Crippen LogP contribution in [0.2, 0.25) is 0 Å². The van der Waals surface area contributed by atoms with Gasteiger partial charge in [0.05, 0.1) is 39.6 Å². The highest BCUT2D eigenvalue weighted by atomic mass is 16.5. The van der Waals surface area contributed by atoms with Crippen molar-refractivity contribution in [3.8, 4) is 0 Å². The summed E-state index contributed by atoms with van der Waals surface area (Å²) in [7, 11) is 0. The third kappa shape index (κ3) is 16.1. The number of rotatable bonds is 20. The Balaban J connectivity index is 1.86. The third-order valence-electron chi connectivity index (χ3n) is 4.59. The van der Waals surface area contributed by atoms with E-state index in [2.05, 4.69) is 35.0 Å². The highest BCUT2D eigenvalue weighted by Crippen LogP contribution is 2.04. The fourth-order valence-electron chi connectivity index (χ4n) is 2.62. The molecule has 10 nitrogen and oxygen atoms in total. The van der Waals surface area contributed by atoms with Crippen molar-refractivity contribution in [3.63, 3.8) is 0 Å². The van der Waals surface area contributed by atoms with E-state index in [1.54, 1.807) is 6.92 Å². The minimum atomic E-state index is -0.240. The van der Waals surface area contributed by atoms with E-state index >= 15 is 0 Å². The minimum Gasteiger partial charge on any atom is -0.377 e. The van der Waals surface area contributed by atoms with Crippen molar-refractivity contribution in [3.05, 3.63) is 35.4 Å². The van der Waals surface area contributed by atoms with Gasteiger partial charge in [0.25, 0.3) is 0 Å². The van der Waals surface area contributed by atoms with Crippen LogP contribution in [0.1, 0.15) is 31.4 Å². The molecule has 0 bridgehead atoms. The molecule has 0 fully saturated rings. The van der Waals surface area contributed by atoms with Gasteiger partial charge in [-0.25, -0.2) is 0 Å². The van der Waals surface area contributed by atoms with Crippen molar-refractivity contribution < 1.29 is 33.3 Å². The zero-order valence-corrected chi connectivity index (χ0v) is 20.4. The van der Waals surface area contributed by atoms with Crippen molar-refractivity contribution in [1.29, 1.82) is 0 Å². The molecule has 10 heteroatoms. The number of hydrogen-bond acceptors (Lipinski definition) is 7. The summed E-state index contributed by atoms with van der Waals surface area (Å²) < 4.78 is 21.1. The van der Waals surface area contributed by atoms with Crippen molar-refractivity contribution in [1.82, 2.24) is 16.0 Å². The Kier molecular flexibility index (Phi) is 17.3. The van der Waals surface area contributed by atoms with Gasteiger partial charge in [-0.3, -0.25) is 14.4 Å². The van der Waals surface area contributed by atoms with E-state index in [0.29, 0.717) is 59.1 Å². The molecule has 0 aromatic heterocycles. The zero-order chi connectivity index (χ0) is 24.9. The number of nitrogens with one attached hydrogen (secondary N) is 3. The van der Waals surface area contributed by atoms with E-state index in [9.17, 15) is 14.4 Å². The molecule has 1 rings (SSSR count). The van der Waals surface area contributed by atoms with Crippen LogP contribution in [0.4, 0.5) is 0 Å². The lowest BCUT2D eigenvalue weighted by molar-refractivity contribution is -0.127. The van der Waals surface area contributed by atoms with Gasteiger partial charge in [-0.2, -0.15) is 0 Å². The van der Waals surface area contributed by atoms with Crippen molar-refractivity contribution in [2.24, 2.45) is 0 Å². The van der Waals surface area contributed by atoms with Crippen LogP contribution in [0.5, 0.6) is 0 Å². The van der Waals surface area contributed by atoms with Crippen LogP contribution in [-0.4, -0.2) is 83.7 Å². The van der Waals surface area contributed by atoms with Gasteiger partial charge >= 0.3 is 0 Å². The van der Waals surface area contributed by atoms with Gasteiger partial charge in [0.15, 0.2) is 0 Å². The number of amides is 3. The van der Waals surface area contributed by atoms with Gasteiger partial charge < -0.3 is 34.9 Å². The normalized spacial score (nSPS) is 10.6. The molecular weight excluding hydrogens is 442 g/mol. The summed E-state index contributed by atoms with van der Waals surface area (Å²) in [6.45, 7) is 7.08. The number of aryl methyl sites for hydroxylation is 1. The molecule has 3 N–H and O–H groups in total. The maximum Gasteiger partial charge on any atom is 0.246 e. The molecule has 0 aliphatic rings. The molecule has 0 saturated carbocycles. The third-order valence-corrected chi connectivity index (χ3v) is 4.59. The monoisotopic (exact) mass is 481 g/mol. The van der Waals surface area contributed by atoms with E-state index < -0.39 is 0 Å². The molecule has 0 radical (unpaired) electrons. The molecule has 0 heterocycles. The maximum atomic E-state index is 11.8. The lowest BCUT2D eigenvalue weighted by Gasteiger charge is -2.09. The summed E-state index contributed by atoms with van der Waals surface area (Å²) in [6, 6.07) is 8.13. The molecule has 1 aromatic carbocycles. The highest BCUT2D eigenvalue weighted by molar-refractivity contribution is 5.77. The number of ether oxygens (including phenoxy) is 4. The van der Waals surface area contributed by atoms with Crippen molar-refractivity contribution in [2.45, 2.75) is 33.2 Å². The molecular formula is C24H39N3O7. The summed E-state index contributed by atoms with van der Waals surface area (Å²) in [4.78, 5) is 34.5.